The largest absolute Gasteiger partial charge is 0.494 e. The first kappa shape index (κ1) is 14.3. The minimum atomic E-state index is -0.907. The lowest BCUT2D eigenvalue weighted by Gasteiger charge is -2.15. The second-order valence-corrected chi connectivity index (χ2v) is 5.15. The Labute approximate surface area is 113 Å². The number of halogens is 1. The highest BCUT2D eigenvalue weighted by molar-refractivity contribution is 9.10. The van der Waals surface area contributed by atoms with Crippen molar-refractivity contribution in [2.45, 2.75) is 17.4 Å². The quantitative estimate of drug-likeness (QED) is 0.816. The first-order chi connectivity index (χ1) is 7.99. The molecule has 94 valence electrons. The van der Waals surface area contributed by atoms with Gasteiger partial charge in [0.25, 0.3) is 0 Å². The molecule has 1 atom stereocenters. The summed E-state index contributed by atoms with van der Waals surface area (Å²) in [6, 6.07) is 3.15. The normalized spacial score (nSPS) is 12.2. The Bertz CT molecular complexity index is 425. The van der Waals surface area contributed by atoms with Crippen molar-refractivity contribution in [3.05, 3.63) is 22.2 Å². The molecule has 0 heterocycles. The Morgan fingerprint density at radius 2 is 2.29 bits per heavy atom. The van der Waals surface area contributed by atoms with Gasteiger partial charge in [0.15, 0.2) is 0 Å². The molecular formula is C11H14BrNO3S. The fraction of sp³-hybridized carbons (Fsp3) is 0.364. The summed E-state index contributed by atoms with van der Waals surface area (Å²) in [7, 11) is 1.59. The van der Waals surface area contributed by atoms with Crippen molar-refractivity contribution in [1.29, 1.82) is 0 Å². The Morgan fingerprint density at radius 1 is 1.65 bits per heavy atom. The molecule has 0 aliphatic heterocycles. The number of methoxy groups -OCH3 is 1. The fourth-order valence-corrected chi connectivity index (χ4v) is 2.86. The molecule has 0 aromatic heterocycles. The summed E-state index contributed by atoms with van der Waals surface area (Å²) in [5.74, 6) is -0.168. The topological polar surface area (TPSA) is 72.5 Å². The first-order valence-electron chi connectivity index (χ1n) is 4.88. The summed E-state index contributed by atoms with van der Waals surface area (Å²) in [5.41, 5.74) is 6.61. The highest BCUT2D eigenvalue weighted by atomic mass is 79.9. The number of nitrogens with two attached hydrogens (primary N) is 1. The van der Waals surface area contributed by atoms with Crippen molar-refractivity contribution >= 4 is 33.7 Å². The number of ether oxygens (including phenoxy) is 1. The number of hydrogen-bond acceptors (Lipinski definition) is 4. The molecule has 0 aliphatic rings. The lowest BCUT2D eigenvalue weighted by Crippen LogP contribution is -2.15. The van der Waals surface area contributed by atoms with E-state index in [1.54, 1.807) is 13.2 Å². The second-order valence-electron chi connectivity index (χ2n) is 3.44. The third kappa shape index (κ3) is 3.62. The van der Waals surface area contributed by atoms with Gasteiger partial charge in [0.2, 0.25) is 0 Å². The maximum atomic E-state index is 10.6. The fourth-order valence-electron chi connectivity index (χ4n) is 1.46. The summed E-state index contributed by atoms with van der Waals surface area (Å²) in [6.45, 7) is 0. The zero-order chi connectivity index (χ0) is 13.0. The van der Waals surface area contributed by atoms with Gasteiger partial charge < -0.3 is 15.6 Å². The maximum absolute atomic E-state index is 10.6. The van der Waals surface area contributed by atoms with Crippen molar-refractivity contribution in [2.75, 3.05) is 13.4 Å². The van der Waals surface area contributed by atoms with E-state index in [-0.39, 0.29) is 6.42 Å². The number of hydrogen-bond donors (Lipinski definition) is 2. The molecule has 6 heteroatoms. The van der Waals surface area contributed by atoms with E-state index >= 15 is 0 Å². The third-order valence-electron chi connectivity index (χ3n) is 2.28. The van der Waals surface area contributed by atoms with E-state index in [1.165, 1.54) is 11.8 Å². The predicted octanol–water partition coefficient (Wildman–Crippen LogP) is 2.65. The molecule has 0 bridgehead atoms. The van der Waals surface area contributed by atoms with Gasteiger partial charge in [0, 0.05) is 6.04 Å². The van der Waals surface area contributed by atoms with Crippen molar-refractivity contribution in [1.82, 2.24) is 0 Å². The van der Waals surface area contributed by atoms with E-state index in [9.17, 15) is 4.79 Å². The monoisotopic (exact) mass is 319 g/mol. The standard InChI is InChI=1S/C11H14BrNO3S/c1-16-11-7(12)3-6(4-9(11)17-2)8(13)5-10(14)15/h3-4,8H,5,13H2,1-2H3,(H,14,15). The molecular weight excluding hydrogens is 306 g/mol. The van der Waals surface area contributed by atoms with Gasteiger partial charge >= 0.3 is 5.97 Å². The van der Waals surface area contributed by atoms with Crippen LogP contribution < -0.4 is 10.5 Å². The summed E-state index contributed by atoms with van der Waals surface area (Å²) in [4.78, 5) is 11.6. The highest BCUT2D eigenvalue weighted by Gasteiger charge is 2.15. The number of rotatable bonds is 5. The van der Waals surface area contributed by atoms with Crippen molar-refractivity contribution in [2.24, 2.45) is 5.73 Å². The lowest BCUT2D eigenvalue weighted by atomic mass is 10.0. The van der Waals surface area contributed by atoms with E-state index < -0.39 is 12.0 Å². The van der Waals surface area contributed by atoms with Crippen molar-refractivity contribution in [3.63, 3.8) is 0 Å². The summed E-state index contributed by atoms with van der Waals surface area (Å²) in [5, 5.41) is 8.72. The van der Waals surface area contributed by atoms with Crippen LogP contribution in [0.1, 0.15) is 18.0 Å². The van der Waals surface area contributed by atoms with E-state index in [0.29, 0.717) is 0 Å². The molecule has 4 nitrogen and oxygen atoms in total. The molecule has 1 unspecified atom stereocenters. The van der Waals surface area contributed by atoms with Gasteiger partial charge in [-0.2, -0.15) is 0 Å². The number of carboxylic acids is 1. The van der Waals surface area contributed by atoms with Crippen LogP contribution in [-0.2, 0) is 4.79 Å². The molecule has 0 amide bonds. The van der Waals surface area contributed by atoms with Crippen LogP contribution in [0.25, 0.3) is 0 Å². The molecule has 0 spiro atoms. The van der Waals surface area contributed by atoms with Crippen LogP contribution in [0.5, 0.6) is 5.75 Å². The van der Waals surface area contributed by atoms with Crippen LogP contribution in [-0.4, -0.2) is 24.4 Å². The lowest BCUT2D eigenvalue weighted by molar-refractivity contribution is -0.137. The maximum Gasteiger partial charge on any atom is 0.305 e. The van der Waals surface area contributed by atoms with Crippen LogP contribution in [0, 0.1) is 0 Å². The average Bonchev–Trinajstić information content (AvgIpc) is 2.26. The number of thioether (sulfide) groups is 1. The SMILES string of the molecule is COc1c(Br)cc(C(N)CC(=O)O)cc1SC. The second kappa shape index (κ2) is 6.28. The number of aliphatic carboxylic acids is 1. The molecule has 0 fully saturated rings. The molecule has 0 saturated carbocycles. The predicted molar refractivity (Wildman–Crippen MR) is 71.7 cm³/mol. The van der Waals surface area contributed by atoms with Crippen molar-refractivity contribution < 1.29 is 14.6 Å². The van der Waals surface area contributed by atoms with Crippen LogP contribution in [0.2, 0.25) is 0 Å². The van der Waals surface area contributed by atoms with Crippen molar-refractivity contribution in [3.8, 4) is 5.75 Å². The van der Waals surface area contributed by atoms with Crippen LogP contribution >= 0.6 is 27.7 Å². The molecule has 0 saturated heterocycles. The van der Waals surface area contributed by atoms with Gasteiger partial charge in [-0.25, -0.2) is 0 Å². The van der Waals surface area contributed by atoms with E-state index in [2.05, 4.69) is 15.9 Å². The zero-order valence-corrected chi connectivity index (χ0v) is 12.0. The summed E-state index contributed by atoms with van der Waals surface area (Å²) in [6.07, 6.45) is 1.84. The Hall–Kier alpha value is -0.720. The minimum absolute atomic E-state index is 0.0907. The smallest absolute Gasteiger partial charge is 0.305 e. The van der Waals surface area contributed by atoms with Crippen LogP contribution in [0.4, 0.5) is 0 Å². The van der Waals surface area contributed by atoms with Gasteiger partial charge in [-0.1, -0.05) is 0 Å². The number of carbonyl (C=O) groups is 1. The molecule has 1 aromatic carbocycles. The van der Waals surface area contributed by atoms with Crippen LogP contribution in [0.3, 0.4) is 0 Å². The summed E-state index contributed by atoms with van der Waals surface area (Å²) >= 11 is 4.92. The van der Waals surface area contributed by atoms with E-state index in [0.717, 1.165) is 20.7 Å². The minimum Gasteiger partial charge on any atom is -0.494 e. The zero-order valence-electron chi connectivity index (χ0n) is 9.57. The average molecular weight is 320 g/mol. The molecule has 3 N–H and O–H groups in total. The third-order valence-corrected chi connectivity index (χ3v) is 3.61. The van der Waals surface area contributed by atoms with Gasteiger partial charge in [0.05, 0.1) is 22.9 Å². The molecule has 17 heavy (non-hydrogen) atoms. The van der Waals surface area contributed by atoms with Gasteiger partial charge in [0.1, 0.15) is 5.75 Å². The van der Waals surface area contributed by atoms with E-state index in [1.807, 2.05) is 12.3 Å². The highest BCUT2D eigenvalue weighted by Crippen LogP contribution is 2.37. The number of carboxylic acid groups (broad SMARTS) is 1. The summed E-state index contributed by atoms with van der Waals surface area (Å²) < 4.78 is 6.04. The van der Waals surface area contributed by atoms with Gasteiger partial charge in [-0.3, -0.25) is 4.79 Å². The van der Waals surface area contributed by atoms with E-state index in [4.69, 9.17) is 15.6 Å². The Morgan fingerprint density at radius 3 is 2.76 bits per heavy atom. The van der Waals surface area contributed by atoms with Gasteiger partial charge in [-0.15, -0.1) is 11.8 Å². The van der Waals surface area contributed by atoms with Crippen LogP contribution in [0.15, 0.2) is 21.5 Å². The van der Waals surface area contributed by atoms with Gasteiger partial charge in [-0.05, 0) is 39.9 Å². The molecule has 1 aromatic rings. The molecule has 0 aliphatic carbocycles. The first-order valence-corrected chi connectivity index (χ1v) is 6.90. The Balaban J connectivity index is 3.10. The Kier molecular flexibility index (Phi) is 5.30. The molecule has 0 radical (unpaired) electrons. The molecule has 1 rings (SSSR count). The number of benzene rings is 1.